The van der Waals surface area contributed by atoms with Crippen molar-refractivity contribution in [3.8, 4) is 0 Å². The molecule has 0 saturated carbocycles. The average molecular weight is 256 g/mol. The quantitative estimate of drug-likeness (QED) is 0.246. The molecular weight excluding hydrogens is 226 g/mol. The molecule has 0 aliphatic heterocycles. The zero-order chi connectivity index (χ0) is 14.4. The average Bonchev–Trinajstić information content (AvgIpc) is 2.37. The highest BCUT2D eigenvalue weighted by molar-refractivity contribution is 6.42. The van der Waals surface area contributed by atoms with E-state index in [2.05, 4.69) is 26.0 Å². The zero-order valence-electron chi connectivity index (χ0n) is 13.0. The first kappa shape index (κ1) is 18.6. The van der Waals surface area contributed by atoms with Crippen molar-refractivity contribution in [2.45, 2.75) is 83.3 Å². The molecule has 0 aliphatic carbocycles. The Morgan fingerprint density at radius 2 is 1.11 bits per heavy atom. The van der Waals surface area contributed by atoms with E-state index in [4.69, 9.17) is 15.7 Å². The second-order valence-corrected chi connectivity index (χ2v) is 5.50. The smallest absolute Gasteiger partial charge is 0.0728 e. The molecule has 104 valence electrons. The van der Waals surface area contributed by atoms with Gasteiger partial charge in [-0.1, -0.05) is 81.9 Å². The molecule has 0 spiro atoms. The second-order valence-electron chi connectivity index (χ2n) is 5.50. The lowest BCUT2D eigenvalue weighted by Crippen LogP contribution is -2.05. The van der Waals surface area contributed by atoms with Gasteiger partial charge in [0.05, 0.1) is 15.7 Å². The molecule has 0 aromatic rings. The van der Waals surface area contributed by atoms with Gasteiger partial charge in [0.25, 0.3) is 0 Å². The van der Waals surface area contributed by atoms with Crippen LogP contribution < -0.4 is 0 Å². The topological polar surface area (TPSA) is 0 Å². The van der Waals surface area contributed by atoms with E-state index in [1.807, 2.05) is 12.2 Å². The summed E-state index contributed by atoms with van der Waals surface area (Å²) < 4.78 is 0. The first-order valence-electron chi connectivity index (χ1n) is 8.05. The van der Waals surface area contributed by atoms with Gasteiger partial charge in [-0.3, -0.25) is 0 Å². The zero-order valence-corrected chi connectivity index (χ0v) is 13.0. The lowest BCUT2D eigenvalue weighted by molar-refractivity contribution is 0.637. The Hall–Kier alpha value is -0.390. The Bertz CT molecular complexity index is 242. The van der Waals surface area contributed by atoms with Gasteiger partial charge in [-0.25, -0.2) is 0 Å². The molecule has 19 heavy (non-hydrogen) atoms. The van der Waals surface area contributed by atoms with Gasteiger partial charge in [0.1, 0.15) is 0 Å². The highest BCUT2D eigenvalue weighted by atomic mass is 14.0. The fourth-order valence-corrected chi connectivity index (χ4v) is 2.01. The van der Waals surface area contributed by atoms with E-state index in [1.54, 1.807) is 0 Å². The first-order valence-corrected chi connectivity index (χ1v) is 8.05. The standard InChI is InChI=1S/C17H30B2/c1-3-5-7-9-10-12-14-16-17(18,19)15-13-11-8-6-4-2/h13-16H,3-12H2,1-2H3/b15-13-,16-14-. The molecule has 0 aromatic carbocycles. The van der Waals surface area contributed by atoms with Crippen LogP contribution in [0.3, 0.4) is 0 Å². The van der Waals surface area contributed by atoms with Crippen LogP contribution in [0.5, 0.6) is 0 Å². The Labute approximate surface area is 124 Å². The minimum atomic E-state index is -0.768. The van der Waals surface area contributed by atoms with Crippen LogP contribution >= 0.6 is 0 Å². The monoisotopic (exact) mass is 256 g/mol. The molecule has 0 heterocycles. The Morgan fingerprint density at radius 1 is 0.684 bits per heavy atom. The van der Waals surface area contributed by atoms with Crippen LogP contribution in [0.15, 0.2) is 24.3 Å². The third kappa shape index (κ3) is 13.8. The second kappa shape index (κ2) is 12.6. The fourth-order valence-electron chi connectivity index (χ4n) is 2.01. The van der Waals surface area contributed by atoms with Crippen molar-refractivity contribution >= 4 is 15.7 Å². The number of unbranched alkanes of at least 4 members (excludes halogenated alkanes) is 8. The van der Waals surface area contributed by atoms with Gasteiger partial charge >= 0.3 is 0 Å². The Morgan fingerprint density at radius 3 is 1.63 bits per heavy atom. The van der Waals surface area contributed by atoms with Crippen LogP contribution in [0, 0.1) is 0 Å². The maximum Gasteiger partial charge on any atom is 0.0728 e. The van der Waals surface area contributed by atoms with E-state index in [1.165, 1.54) is 51.4 Å². The molecule has 0 rings (SSSR count). The molecule has 0 N–H and O–H groups in total. The maximum atomic E-state index is 6.00. The summed E-state index contributed by atoms with van der Waals surface area (Å²) in [6, 6.07) is 0. The third-order valence-corrected chi connectivity index (χ3v) is 3.26. The van der Waals surface area contributed by atoms with Crippen LogP contribution in [-0.4, -0.2) is 15.7 Å². The molecule has 0 aromatic heterocycles. The summed E-state index contributed by atoms with van der Waals surface area (Å²) in [6.07, 6.45) is 20.6. The lowest BCUT2D eigenvalue weighted by Gasteiger charge is -2.15. The summed E-state index contributed by atoms with van der Waals surface area (Å²) in [4.78, 5) is 0. The van der Waals surface area contributed by atoms with Crippen molar-refractivity contribution in [1.82, 2.24) is 0 Å². The number of hydrogen-bond donors (Lipinski definition) is 0. The Balaban J connectivity index is 3.69. The van der Waals surface area contributed by atoms with Crippen molar-refractivity contribution < 1.29 is 0 Å². The van der Waals surface area contributed by atoms with Gasteiger partial charge in [-0.15, -0.1) is 0 Å². The van der Waals surface area contributed by atoms with Gasteiger partial charge in [-0.2, -0.15) is 0 Å². The van der Waals surface area contributed by atoms with Gasteiger partial charge in [0, 0.05) is 0 Å². The van der Waals surface area contributed by atoms with Crippen molar-refractivity contribution in [2.75, 3.05) is 0 Å². The number of allylic oxidation sites excluding steroid dienone is 4. The molecule has 0 fully saturated rings. The van der Waals surface area contributed by atoms with Crippen LogP contribution in [0.2, 0.25) is 5.21 Å². The molecule has 2 heteroatoms. The lowest BCUT2D eigenvalue weighted by atomic mass is 9.54. The molecule has 0 bridgehead atoms. The minimum absolute atomic E-state index is 0.768. The predicted octanol–water partition coefficient (Wildman–Crippen LogP) is 5.49. The largest absolute Gasteiger partial charge is 0.0958 e. The molecule has 0 amide bonds. The molecule has 0 atom stereocenters. The Kier molecular flexibility index (Phi) is 12.4. The fraction of sp³-hybridized carbons (Fsp3) is 0.765. The highest BCUT2D eigenvalue weighted by Crippen LogP contribution is 2.21. The van der Waals surface area contributed by atoms with E-state index in [9.17, 15) is 0 Å². The van der Waals surface area contributed by atoms with E-state index in [0.717, 1.165) is 12.8 Å². The third-order valence-electron chi connectivity index (χ3n) is 3.26. The summed E-state index contributed by atoms with van der Waals surface area (Å²) in [5.41, 5.74) is 0. The minimum Gasteiger partial charge on any atom is -0.0958 e. The molecule has 0 nitrogen and oxygen atoms in total. The van der Waals surface area contributed by atoms with E-state index in [0.29, 0.717) is 0 Å². The van der Waals surface area contributed by atoms with Crippen LogP contribution in [0.4, 0.5) is 0 Å². The van der Waals surface area contributed by atoms with Gasteiger partial charge < -0.3 is 0 Å². The first-order chi connectivity index (χ1) is 9.12. The van der Waals surface area contributed by atoms with Crippen LogP contribution in [0.1, 0.15) is 78.1 Å². The summed E-state index contributed by atoms with van der Waals surface area (Å²) in [5, 5.41) is -0.768. The van der Waals surface area contributed by atoms with Crippen molar-refractivity contribution in [2.24, 2.45) is 0 Å². The maximum absolute atomic E-state index is 6.00. The van der Waals surface area contributed by atoms with Gasteiger partial charge in [0.15, 0.2) is 0 Å². The van der Waals surface area contributed by atoms with Gasteiger partial charge in [0.2, 0.25) is 0 Å². The van der Waals surface area contributed by atoms with Crippen molar-refractivity contribution in [3.63, 3.8) is 0 Å². The summed E-state index contributed by atoms with van der Waals surface area (Å²) >= 11 is 0. The van der Waals surface area contributed by atoms with Crippen LogP contribution in [-0.2, 0) is 0 Å². The molecule has 0 saturated heterocycles. The predicted molar refractivity (Wildman–Crippen MR) is 90.0 cm³/mol. The van der Waals surface area contributed by atoms with Gasteiger partial charge in [-0.05, 0) is 25.7 Å². The summed E-state index contributed by atoms with van der Waals surface area (Å²) in [7, 11) is 12.0. The molecular formula is C17H30B2. The number of rotatable bonds is 12. The summed E-state index contributed by atoms with van der Waals surface area (Å²) in [6.45, 7) is 4.45. The SMILES string of the molecule is [B]C([B])(/C=C\CCCCC)/C=C\CCCCCCC. The van der Waals surface area contributed by atoms with Crippen LogP contribution in [0.25, 0.3) is 0 Å². The van der Waals surface area contributed by atoms with Crippen molar-refractivity contribution in [1.29, 1.82) is 0 Å². The highest BCUT2D eigenvalue weighted by Gasteiger charge is 2.06. The van der Waals surface area contributed by atoms with E-state index < -0.39 is 5.21 Å². The number of hydrogen-bond acceptors (Lipinski definition) is 0. The molecule has 4 radical (unpaired) electrons. The van der Waals surface area contributed by atoms with E-state index in [-0.39, 0.29) is 0 Å². The van der Waals surface area contributed by atoms with Crippen molar-refractivity contribution in [3.05, 3.63) is 24.3 Å². The summed E-state index contributed by atoms with van der Waals surface area (Å²) in [5.74, 6) is 0. The molecule has 0 aliphatic rings. The van der Waals surface area contributed by atoms with E-state index >= 15 is 0 Å². The molecule has 0 unspecified atom stereocenters. The normalized spacial score (nSPS) is 12.7.